The standard InChI is InChI=1S/C23H32O7/c1-20-6-3-16-17(23(20,29)9-5-15(20)13-10-18(25)30-12-13)4-7-21(28)11-14(24)2-8-22(16,21)19(26)27/h10,14-17,24,28-29H,2-9,11-12H2,1H3,(H,26,27)/t14-,15+,16-,17+,20-,21-,22-,23+/m1/s1. The first kappa shape index (κ1) is 20.5. The first-order valence-corrected chi connectivity index (χ1v) is 11.3. The van der Waals surface area contributed by atoms with Crippen molar-refractivity contribution in [1.82, 2.24) is 0 Å². The van der Waals surface area contributed by atoms with Gasteiger partial charge in [0.1, 0.15) is 6.61 Å². The van der Waals surface area contributed by atoms with Gasteiger partial charge in [-0.3, -0.25) is 4.79 Å². The van der Waals surface area contributed by atoms with Crippen molar-refractivity contribution < 1.29 is 34.8 Å². The second-order valence-corrected chi connectivity index (χ2v) is 10.8. The van der Waals surface area contributed by atoms with Gasteiger partial charge in [-0.25, -0.2) is 4.79 Å². The van der Waals surface area contributed by atoms with Crippen LogP contribution in [-0.4, -0.2) is 56.3 Å². The third kappa shape index (κ3) is 2.32. The lowest BCUT2D eigenvalue weighted by Gasteiger charge is -2.65. The maximum Gasteiger partial charge on any atom is 0.331 e. The minimum absolute atomic E-state index is 0.0460. The summed E-state index contributed by atoms with van der Waals surface area (Å²) in [6, 6.07) is 0. The Kier molecular flexibility index (Phi) is 4.30. The Morgan fingerprint density at radius 3 is 2.47 bits per heavy atom. The Labute approximate surface area is 176 Å². The summed E-state index contributed by atoms with van der Waals surface area (Å²) < 4.78 is 5.14. The number of ether oxygens (including phenoxy) is 1. The normalized spacial score (nSPS) is 52.7. The SMILES string of the molecule is C[C@]12CC[C@@H]3[C@H](CC[C@@]4(O)C[C@H](O)CC[C@]34C(=O)O)[C@@]1(O)CC[C@H]2C1=CC(=O)OC1. The number of aliphatic hydroxyl groups is 3. The summed E-state index contributed by atoms with van der Waals surface area (Å²) in [4.78, 5) is 24.3. The molecule has 5 rings (SSSR count). The fourth-order valence-electron chi connectivity index (χ4n) is 8.49. The number of hydrogen-bond donors (Lipinski definition) is 4. The van der Waals surface area contributed by atoms with Gasteiger partial charge in [0, 0.05) is 17.9 Å². The Hall–Kier alpha value is -1.44. The van der Waals surface area contributed by atoms with Crippen molar-refractivity contribution in [2.75, 3.05) is 6.61 Å². The van der Waals surface area contributed by atoms with Gasteiger partial charge in [0.15, 0.2) is 0 Å². The van der Waals surface area contributed by atoms with Crippen LogP contribution in [0.3, 0.4) is 0 Å². The summed E-state index contributed by atoms with van der Waals surface area (Å²) in [5.74, 6) is -1.82. The molecule has 0 amide bonds. The monoisotopic (exact) mass is 420 g/mol. The maximum absolute atomic E-state index is 12.7. The van der Waals surface area contributed by atoms with Crippen molar-refractivity contribution >= 4 is 11.9 Å². The van der Waals surface area contributed by atoms with Gasteiger partial charge in [0.25, 0.3) is 0 Å². The molecule has 7 nitrogen and oxygen atoms in total. The van der Waals surface area contributed by atoms with E-state index in [9.17, 15) is 30.0 Å². The van der Waals surface area contributed by atoms with Gasteiger partial charge in [-0.2, -0.15) is 0 Å². The summed E-state index contributed by atoms with van der Waals surface area (Å²) in [6.45, 7) is 2.36. The Morgan fingerprint density at radius 1 is 1.07 bits per heavy atom. The third-order valence-electron chi connectivity index (χ3n) is 9.94. The number of carboxylic acid groups (broad SMARTS) is 1. The van der Waals surface area contributed by atoms with Gasteiger partial charge < -0.3 is 25.2 Å². The number of aliphatic carboxylic acids is 1. The lowest BCUT2D eigenvalue weighted by Crippen LogP contribution is -2.70. The number of carbonyl (C=O) groups excluding carboxylic acids is 1. The lowest BCUT2D eigenvalue weighted by atomic mass is 9.41. The van der Waals surface area contributed by atoms with Crippen LogP contribution in [0, 0.1) is 28.6 Å². The molecule has 1 aliphatic heterocycles. The highest BCUT2D eigenvalue weighted by Crippen LogP contribution is 2.70. The number of aliphatic hydroxyl groups excluding tert-OH is 1. The van der Waals surface area contributed by atoms with Crippen LogP contribution in [0.25, 0.3) is 0 Å². The fourth-order valence-corrected chi connectivity index (χ4v) is 8.49. The molecule has 0 spiro atoms. The van der Waals surface area contributed by atoms with Crippen molar-refractivity contribution in [3.63, 3.8) is 0 Å². The second kappa shape index (κ2) is 6.30. The van der Waals surface area contributed by atoms with Crippen LogP contribution < -0.4 is 0 Å². The van der Waals surface area contributed by atoms with E-state index in [4.69, 9.17) is 4.74 Å². The highest BCUT2D eigenvalue weighted by atomic mass is 16.5. The molecule has 4 N–H and O–H groups in total. The number of fused-ring (bicyclic) bond motifs is 5. The maximum atomic E-state index is 12.7. The van der Waals surface area contributed by atoms with Gasteiger partial charge in [-0.05, 0) is 74.7 Å². The van der Waals surface area contributed by atoms with Crippen molar-refractivity contribution in [2.24, 2.45) is 28.6 Å². The highest BCUT2D eigenvalue weighted by Gasteiger charge is 2.73. The van der Waals surface area contributed by atoms with E-state index < -0.39 is 34.1 Å². The molecule has 4 saturated carbocycles. The number of rotatable bonds is 2. The Balaban J connectivity index is 1.54. The molecule has 0 radical (unpaired) electrons. The minimum Gasteiger partial charge on any atom is -0.481 e. The number of cyclic esters (lactones) is 1. The Bertz CT molecular complexity index is 822. The average molecular weight is 421 g/mol. The molecular formula is C23H32O7. The van der Waals surface area contributed by atoms with Crippen LogP contribution in [0.4, 0.5) is 0 Å². The van der Waals surface area contributed by atoms with Crippen LogP contribution in [-0.2, 0) is 14.3 Å². The lowest BCUT2D eigenvalue weighted by molar-refractivity contribution is -0.260. The third-order valence-corrected chi connectivity index (χ3v) is 9.94. The summed E-state index contributed by atoms with van der Waals surface area (Å²) in [6.07, 6.45) is 5.00. The molecule has 4 aliphatic carbocycles. The van der Waals surface area contributed by atoms with Crippen LogP contribution in [0.15, 0.2) is 11.6 Å². The topological polar surface area (TPSA) is 124 Å². The van der Waals surface area contributed by atoms with Gasteiger partial charge in [0.2, 0.25) is 0 Å². The molecular weight excluding hydrogens is 388 g/mol. The van der Waals surface area contributed by atoms with Crippen LogP contribution in [0.2, 0.25) is 0 Å². The van der Waals surface area contributed by atoms with Gasteiger partial charge in [0.05, 0.1) is 22.7 Å². The molecule has 0 bridgehead atoms. The molecule has 0 unspecified atom stereocenters. The molecule has 0 aromatic carbocycles. The van der Waals surface area contributed by atoms with Crippen molar-refractivity contribution in [1.29, 1.82) is 0 Å². The van der Waals surface area contributed by atoms with E-state index in [0.29, 0.717) is 32.1 Å². The molecule has 0 aromatic heterocycles. The largest absolute Gasteiger partial charge is 0.481 e. The summed E-state index contributed by atoms with van der Waals surface area (Å²) >= 11 is 0. The smallest absolute Gasteiger partial charge is 0.331 e. The average Bonchev–Trinajstić information content (AvgIpc) is 3.21. The van der Waals surface area contributed by atoms with Gasteiger partial charge >= 0.3 is 11.9 Å². The molecule has 7 heteroatoms. The molecule has 4 fully saturated rings. The highest BCUT2D eigenvalue weighted by molar-refractivity contribution is 5.85. The predicted octanol–water partition coefficient (Wildman–Crippen LogP) is 1.78. The number of carbonyl (C=O) groups is 2. The van der Waals surface area contributed by atoms with E-state index >= 15 is 0 Å². The Morgan fingerprint density at radius 2 is 1.80 bits per heavy atom. The molecule has 166 valence electrons. The fraction of sp³-hybridized carbons (Fsp3) is 0.826. The van der Waals surface area contributed by atoms with Gasteiger partial charge in [-0.15, -0.1) is 0 Å². The van der Waals surface area contributed by atoms with Gasteiger partial charge in [-0.1, -0.05) is 6.92 Å². The first-order chi connectivity index (χ1) is 14.1. The zero-order chi connectivity index (χ0) is 21.5. The van der Waals surface area contributed by atoms with Crippen molar-refractivity contribution in [3.8, 4) is 0 Å². The molecule has 1 heterocycles. The van der Waals surface area contributed by atoms with E-state index in [0.717, 1.165) is 12.0 Å². The molecule has 0 aromatic rings. The number of hydrogen-bond acceptors (Lipinski definition) is 6. The van der Waals surface area contributed by atoms with E-state index in [1.807, 2.05) is 0 Å². The minimum atomic E-state index is -1.44. The second-order valence-electron chi connectivity index (χ2n) is 10.8. The van der Waals surface area contributed by atoms with Crippen LogP contribution in [0.1, 0.15) is 64.7 Å². The predicted molar refractivity (Wildman–Crippen MR) is 105 cm³/mol. The zero-order valence-corrected chi connectivity index (χ0v) is 17.5. The van der Waals surface area contributed by atoms with E-state index in [1.165, 1.54) is 0 Å². The van der Waals surface area contributed by atoms with E-state index in [1.54, 1.807) is 6.08 Å². The molecule has 30 heavy (non-hydrogen) atoms. The van der Waals surface area contributed by atoms with Crippen molar-refractivity contribution in [3.05, 3.63) is 11.6 Å². The molecule has 5 aliphatic rings. The van der Waals surface area contributed by atoms with E-state index in [2.05, 4.69) is 6.92 Å². The van der Waals surface area contributed by atoms with Crippen LogP contribution in [0.5, 0.6) is 0 Å². The number of esters is 1. The zero-order valence-electron chi connectivity index (χ0n) is 17.5. The summed E-state index contributed by atoms with van der Waals surface area (Å²) in [5, 5.41) is 44.1. The van der Waals surface area contributed by atoms with Crippen LogP contribution >= 0.6 is 0 Å². The first-order valence-electron chi connectivity index (χ1n) is 11.3. The number of carboxylic acids is 1. The quantitative estimate of drug-likeness (QED) is 0.502. The molecule has 8 atom stereocenters. The summed E-state index contributed by atoms with van der Waals surface area (Å²) in [7, 11) is 0. The van der Waals surface area contributed by atoms with Crippen molar-refractivity contribution in [2.45, 2.75) is 82.0 Å². The van der Waals surface area contributed by atoms with E-state index in [-0.39, 0.29) is 49.6 Å². The molecule has 0 saturated heterocycles. The summed E-state index contributed by atoms with van der Waals surface area (Å²) in [5.41, 5.74) is -3.30.